The van der Waals surface area contributed by atoms with Gasteiger partial charge in [0.05, 0.1) is 12.0 Å². The zero-order chi connectivity index (χ0) is 21.3. The number of carboxylic acid groups (broad SMARTS) is 2. The topological polar surface area (TPSA) is 108 Å². The van der Waals surface area contributed by atoms with Crippen LogP contribution in [-0.2, 0) is 9.59 Å². The van der Waals surface area contributed by atoms with Crippen LogP contribution < -0.4 is 0 Å². The number of rotatable bonds is 6. The zero-order valence-corrected chi connectivity index (χ0v) is 18.3. The van der Waals surface area contributed by atoms with E-state index in [2.05, 4.69) is 20.9 Å². The van der Waals surface area contributed by atoms with E-state index < -0.39 is 35.3 Å². The van der Waals surface area contributed by atoms with Gasteiger partial charge in [-0.3, -0.25) is 9.59 Å². The molecule has 0 saturated carbocycles. The Kier molecular flexibility index (Phi) is 6.09. The molecule has 1 aliphatic heterocycles. The van der Waals surface area contributed by atoms with Crippen molar-refractivity contribution in [3.05, 3.63) is 50.9 Å². The van der Waals surface area contributed by atoms with Gasteiger partial charge in [0.15, 0.2) is 0 Å². The first kappa shape index (κ1) is 21.4. The summed E-state index contributed by atoms with van der Waals surface area (Å²) in [4.78, 5) is 43.7. The fourth-order valence-corrected chi connectivity index (χ4v) is 5.31. The lowest BCUT2D eigenvalue weighted by atomic mass is 9.83. The molecule has 0 bridgehead atoms. The molecule has 1 fully saturated rings. The van der Waals surface area contributed by atoms with Gasteiger partial charge in [0.1, 0.15) is 10.5 Å². The number of likely N-dealkylation sites (tertiary alicyclic amines) is 1. The molecule has 2 N–H and O–H groups in total. The van der Waals surface area contributed by atoms with Crippen LogP contribution in [0, 0.1) is 11.8 Å². The second kappa shape index (κ2) is 8.23. The Morgan fingerprint density at radius 1 is 1.34 bits per heavy atom. The summed E-state index contributed by atoms with van der Waals surface area (Å²) in [7, 11) is 0. The lowest BCUT2D eigenvalue weighted by Gasteiger charge is -2.38. The minimum Gasteiger partial charge on any atom is -0.481 e. The van der Waals surface area contributed by atoms with E-state index in [-0.39, 0.29) is 18.8 Å². The summed E-state index contributed by atoms with van der Waals surface area (Å²) in [6, 6.07) is 5.71. The van der Waals surface area contributed by atoms with Crippen LogP contribution in [0.1, 0.15) is 48.1 Å². The number of hydrogen-bond donors (Lipinski definition) is 2. The van der Waals surface area contributed by atoms with Crippen molar-refractivity contribution in [2.75, 3.05) is 0 Å². The molecule has 1 aromatic carbocycles. The van der Waals surface area contributed by atoms with Crippen molar-refractivity contribution in [3.8, 4) is 0 Å². The van der Waals surface area contributed by atoms with Gasteiger partial charge in [-0.25, -0.2) is 9.78 Å². The number of aliphatic carboxylic acids is 2. The van der Waals surface area contributed by atoms with Crippen molar-refractivity contribution in [1.82, 2.24) is 9.88 Å². The highest BCUT2D eigenvalue weighted by Crippen LogP contribution is 2.51. The van der Waals surface area contributed by atoms with Gasteiger partial charge in [-0.15, -0.1) is 11.3 Å². The van der Waals surface area contributed by atoms with Gasteiger partial charge >= 0.3 is 11.9 Å². The Balaban J connectivity index is 2.22. The molecule has 0 spiro atoms. The predicted octanol–water partition coefficient (Wildman–Crippen LogP) is 4.06. The Labute approximate surface area is 180 Å². The number of halogens is 1. The molecule has 1 saturated heterocycles. The molecule has 154 valence electrons. The second-order valence-electron chi connectivity index (χ2n) is 7.58. The highest BCUT2D eigenvalue weighted by Gasteiger charge is 2.61. The van der Waals surface area contributed by atoms with Crippen molar-refractivity contribution in [2.45, 2.75) is 38.3 Å². The monoisotopic (exact) mass is 480 g/mol. The SMILES string of the molecule is CC(C)CC1(C(=O)O)CC(C(=O)O)C(c2nccs2)N1C(=O)c1cccc(Br)c1. The molecule has 2 heterocycles. The van der Waals surface area contributed by atoms with E-state index in [1.807, 2.05) is 13.8 Å². The number of amides is 1. The van der Waals surface area contributed by atoms with E-state index in [0.717, 1.165) is 0 Å². The molecule has 0 aliphatic carbocycles. The molecule has 3 atom stereocenters. The Hall–Kier alpha value is -2.26. The molecule has 9 heteroatoms. The lowest BCUT2D eigenvalue weighted by Crippen LogP contribution is -2.54. The quantitative estimate of drug-likeness (QED) is 0.644. The summed E-state index contributed by atoms with van der Waals surface area (Å²) in [6.07, 6.45) is 1.51. The van der Waals surface area contributed by atoms with Gasteiger partial charge in [-0.05, 0) is 37.0 Å². The summed E-state index contributed by atoms with van der Waals surface area (Å²) in [5, 5.41) is 22.2. The first-order valence-corrected chi connectivity index (χ1v) is 10.8. The Morgan fingerprint density at radius 3 is 2.59 bits per heavy atom. The Bertz CT molecular complexity index is 933. The van der Waals surface area contributed by atoms with Gasteiger partial charge < -0.3 is 15.1 Å². The summed E-state index contributed by atoms with van der Waals surface area (Å²) >= 11 is 4.56. The molecule has 7 nitrogen and oxygen atoms in total. The van der Waals surface area contributed by atoms with Gasteiger partial charge in [0.2, 0.25) is 0 Å². The maximum Gasteiger partial charge on any atom is 0.329 e. The third-order valence-corrected chi connectivity index (χ3v) is 6.47. The fourth-order valence-electron chi connectivity index (χ4n) is 4.12. The highest BCUT2D eigenvalue weighted by atomic mass is 79.9. The van der Waals surface area contributed by atoms with E-state index >= 15 is 0 Å². The number of hydrogen-bond acceptors (Lipinski definition) is 5. The van der Waals surface area contributed by atoms with Crippen LogP contribution in [0.15, 0.2) is 40.3 Å². The van der Waals surface area contributed by atoms with Crippen molar-refractivity contribution >= 4 is 45.1 Å². The minimum absolute atomic E-state index is 0.0617. The number of benzene rings is 1. The molecule has 1 aromatic heterocycles. The third-order valence-electron chi connectivity index (χ3n) is 5.13. The van der Waals surface area contributed by atoms with Crippen LogP contribution in [0.5, 0.6) is 0 Å². The average Bonchev–Trinajstić information content (AvgIpc) is 3.27. The Morgan fingerprint density at radius 2 is 2.07 bits per heavy atom. The lowest BCUT2D eigenvalue weighted by molar-refractivity contribution is -0.150. The number of thiazole rings is 1. The number of carboxylic acids is 2. The van der Waals surface area contributed by atoms with Gasteiger partial charge in [0.25, 0.3) is 5.91 Å². The normalized spacial score (nSPS) is 24.1. The van der Waals surface area contributed by atoms with Gasteiger partial charge in [-0.1, -0.05) is 35.8 Å². The van der Waals surface area contributed by atoms with Crippen LogP contribution in [0.25, 0.3) is 0 Å². The number of nitrogens with zero attached hydrogens (tertiary/aromatic N) is 2. The van der Waals surface area contributed by atoms with Crippen molar-refractivity contribution in [2.24, 2.45) is 11.8 Å². The second-order valence-corrected chi connectivity index (χ2v) is 9.43. The molecule has 2 aromatic rings. The third kappa shape index (κ3) is 3.93. The predicted molar refractivity (Wildman–Crippen MR) is 111 cm³/mol. The highest BCUT2D eigenvalue weighted by molar-refractivity contribution is 9.10. The van der Waals surface area contributed by atoms with Gasteiger partial charge in [0, 0.05) is 21.6 Å². The molecular formula is C20H21BrN2O5S. The van der Waals surface area contributed by atoms with Crippen LogP contribution >= 0.6 is 27.3 Å². The van der Waals surface area contributed by atoms with E-state index in [1.165, 1.54) is 22.4 Å². The smallest absolute Gasteiger partial charge is 0.329 e. The number of carbonyl (C=O) groups is 3. The summed E-state index contributed by atoms with van der Waals surface area (Å²) in [5.74, 6) is -3.97. The molecule has 29 heavy (non-hydrogen) atoms. The summed E-state index contributed by atoms with van der Waals surface area (Å²) in [6.45, 7) is 3.72. The molecule has 1 amide bonds. The van der Waals surface area contributed by atoms with Crippen molar-refractivity contribution < 1.29 is 24.6 Å². The molecule has 1 aliphatic rings. The maximum absolute atomic E-state index is 13.6. The van der Waals surface area contributed by atoms with E-state index in [1.54, 1.807) is 29.6 Å². The van der Waals surface area contributed by atoms with Gasteiger partial charge in [-0.2, -0.15) is 0 Å². The van der Waals surface area contributed by atoms with Crippen LogP contribution in [0.4, 0.5) is 0 Å². The summed E-state index contributed by atoms with van der Waals surface area (Å²) < 4.78 is 0.674. The van der Waals surface area contributed by atoms with E-state index in [0.29, 0.717) is 15.0 Å². The molecule has 0 radical (unpaired) electrons. The fraction of sp³-hybridized carbons (Fsp3) is 0.400. The average molecular weight is 481 g/mol. The van der Waals surface area contributed by atoms with Crippen LogP contribution in [-0.4, -0.2) is 43.5 Å². The zero-order valence-electron chi connectivity index (χ0n) is 15.9. The standard InChI is InChI=1S/C20H21BrN2O5S/c1-11(2)9-20(19(27)28)10-14(18(25)26)15(16-22-6-7-29-16)23(20)17(24)12-4-3-5-13(21)8-12/h3-8,11,14-15H,9-10H2,1-2H3,(H,25,26)(H,27,28). The van der Waals surface area contributed by atoms with Crippen LogP contribution in [0.2, 0.25) is 0 Å². The summed E-state index contributed by atoms with van der Waals surface area (Å²) in [5.41, 5.74) is -1.34. The molecule has 3 unspecified atom stereocenters. The molecular weight excluding hydrogens is 460 g/mol. The van der Waals surface area contributed by atoms with E-state index in [9.17, 15) is 24.6 Å². The van der Waals surface area contributed by atoms with Crippen molar-refractivity contribution in [1.29, 1.82) is 0 Å². The minimum atomic E-state index is -1.63. The van der Waals surface area contributed by atoms with Crippen molar-refractivity contribution in [3.63, 3.8) is 0 Å². The maximum atomic E-state index is 13.6. The molecule has 3 rings (SSSR count). The number of aromatic nitrogens is 1. The first-order chi connectivity index (χ1) is 13.7. The van der Waals surface area contributed by atoms with E-state index in [4.69, 9.17) is 0 Å². The first-order valence-electron chi connectivity index (χ1n) is 9.12. The largest absolute Gasteiger partial charge is 0.481 e. The van der Waals surface area contributed by atoms with Crippen LogP contribution in [0.3, 0.4) is 0 Å². The number of carbonyl (C=O) groups excluding carboxylic acids is 1.